The molecule has 0 aromatic heterocycles. The second-order valence-corrected chi connectivity index (χ2v) is 7.49. The number of azo groups is 1. The average Bonchev–Trinajstić information content (AvgIpc) is 2.82. The number of methoxy groups -OCH3 is 3. The highest BCUT2D eigenvalue weighted by molar-refractivity contribution is 6.33. The van der Waals surface area contributed by atoms with E-state index in [1.165, 1.54) is 14.0 Å². The number of rotatable bonds is 12. The van der Waals surface area contributed by atoms with Crippen molar-refractivity contribution in [2.75, 3.05) is 57.8 Å². The summed E-state index contributed by atoms with van der Waals surface area (Å²) < 4.78 is 16.0. The number of halogens is 1. The van der Waals surface area contributed by atoms with Crippen LogP contribution in [0.1, 0.15) is 12.5 Å². The van der Waals surface area contributed by atoms with Gasteiger partial charge in [-0.1, -0.05) is 11.6 Å². The van der Waals surface area contributed by atoms with Gasteiger partial charge in [-0.25, -0.2) is 0 Å². The van der Waals surface area contributed by atoms with Crippen LogP contribution in [-0.2, 0) is 14.3 Å². The lowest BCUT2D eigenvalue weighted by Crippen LogP contribution is -2.31. The van der Waals surface area contributed by atoms with Crippen molar-refractivity contribution < 1.29 is 23.9 Å². The molecule has 13 heteroatoms. The Morgan fingerprint density at radius 2 is 1.83 bits per heavy atom. The molecule has 2 aromatic carbocycles. The standard InChI is InChI=1S/C22H25ClN6O6/c1-14(30)25-18-11-20(28(5-7-33-2)6-8-34-3)21(35-4)12-19(18)26-27-22-15(13-24)9-16(29(31)32)10-17(22)23/h9-12H,5-8H2,1-4H3,(H,25,30). The number of benzene rings is 2. The maximum atomic E-state index is 11.9. The number of carbonyl (C=O) groups is 1. The molecule has 186 valence electrons. The van der Waals surface area contributed by atoms with Crippen molar-refractivity contribution in [2.24, 2.45) is 10.2 Å². The van der Waals surface area contributed by atoms with Crippen LogP contribution in [0.25, 0.3) is 0 Å². The molecule has 0 saturated carbocycles. The quantitative estimate of drug-likeness (QED) is 0.250. The first kappa shape index (κ1) is 27.5. The number of hydrogen-bond acceptors (Lipinski definition) is 10. The number of amides is 1. The van der Waals surface area contributed by atoms with Gasteiger partial charge in [0.2, 0.25) is 5.91 Å². The number of nitrogens with one attached hydrogen (secondary N) is 1. The summed E-state index contributed by atoms with van der Waals surface area (Å²) in [6.45, 7) is 3.29. The molecule has 1 N–H and O–H groups in total. The van der Waals surface area contributed by atoms with Crippen LogP contribution in [-0.4, -0.2) is 58.5 Å². The van der Waals surface area contributed by atoms with Crippen molar-refractivity contribution in [2.45, 2.75) is 6.92 Å². The Hall–Kier alpha value is -3.79. The molecule has 0 atom stereocenters. The molecule has 0 heterocycles. The molecule has 0 aliphatic heterocycles. The Morgan fingerprint density at radius 3 is 2.34 bits per heavy atom. The van der Waals surface area contributed by atoms with E-state index in [0.717, 1.165) is 12.1 Å². The number of nitriles is 1. The number of hydrogen-bond donors (Lipinski definition) is 1. The number of nitrogens with zero attached hydrogens (tertiary/aromatic N) is 5. The SMILES string of the molecule is COCCN(CCOC)c1cc(NC(C)=O)c(N=Nc2c(Cl)cc([N+](=O)[O-])cc2C#N)cc1OC. The number of ether oxygens (including phenoxy) is 3. The smallest absolute Gasteiger partial charge is 0.272 e. The Morgan fingerprint density at radius 1 is 1.17 bits per heavy atom. The van der Waals surface area contributed by atoms with Gasteiger partial charge < -0.3 is 24.4 Å². The zero-order chi connectivity index (χ0) is 26.0. The minimum Gasteiger partial charge on any atom is -0.494 e. The molecule has 1 amide bonds. The van der Waals surface area contributed by atoms with Gasteiger partial charge in [-0.15, -0.1) is 10.2 Å². The first-order valence-electron chi connectivity index (χ1n) is 10.3. The van der Waals surface area contributed by atoms with Crippen LogP contribution in [0.5, 0.6) is 5.75 Å². The molecule has 0 radical (unpaired) electrons. The molecule has 35 heavy (non-hydrogen) atoms. The van der Waals surface area contributed by atoms with Gasteiger partial charge in [0.25, 0.3) is 5.69 Å². The van der Waals surface area contributed by atoms with Gasteiger partial charge in [0.15, 0.2) is 0 Å². The van der Waals surface area contributed by atoms with E-state index in [2.05, 4.69) is 15.5 Å². The summed E-state index contributed by atoms with van der Waals surface area (Å²) in [5.74, 6) is 0.0968. The Bertz CT molecular complexity index is 1140. The van der Waals surface area contributed by atoms with Crippen molar-refractivity contribution in [1.82, 2.24) is 0 Å². The maximum absolute atomic E-state index is 11.9. The zero-order valence-electron chi connectivity index (χ0n) is 19.7. The summed E-state index contributed by atoms with van der Waals surface area (Å²) in [5, 5.41) is 31.3. The van der Waals surface area contributed by atoms with Crippen LogP contribution in [0.2, 0.25) is 5.02 Å². The van der Waals surface area contributed by atoms with E-state index in [4.69, 9.17) is 25.8 Å². The normalized spacial score (nSPS) is 10.7. The molecule has 2 aromatic rings. The highest BCUT2D eigenvalue weighted by Crippen LogP contribution is 2.41. The summed E-state index contributed by atoms with van der Waals surface area (Å²) in [4.78, 5) is 24.2. The van der Waals surface area contributed by atoms with E-state index in [-0.39, 0.29) is 33.6 Å². The predicted octanol–water partition coefficient (Wildman–Crippen LogP) is 4.60. The van der Waals surface area contributed by atoms with Gasteiger partial charge in [0.1, 0.15) is 23.2 Å². The van der Waals surface area contributed by atoms with E-state index < -0.39 is 4.92 Å². The average molecular weight is 505 g/mol. The van der Waals surface area contributed by atoms with E-state index >= 15 is 0 Å². The largest absolute Gasteiger partial charge is 0.494 e. The number of non-ortho nitro benzene ring substituents is 1. The lowest BCUT2D eigenvalue weighted by molar-refractivity contribution is -0.384. The fraction of sp³-hybridized carbons (Fsp3) is 0.364. The molecule has 0 spiro atoms. The van der Waals surface area contributed by atoms with Crippen molar-refractivity contribution in [1.29, 1.82) is 5.26 Å². The number of nitro benzene ring substituents is 1. The van der Waals surface area contributed by atoms with Crippen molar-refractivity contribution in [3.63, 3.8) is 0 Å². The Labute approximate surface area is 207 Å². The molecular formula is C22H25ClN6O6. The van der Waals surface area contributed by atoms with Gasteiger partial charge in [-0.2, -0.15) is 5.26 Å². The van der Waals surface area contributed by atoms with E-state index in [9.17, 15) is 20.2 Å². The minimum absolute atomic E-state index is 0.0431. The molecule has 0 fully saturated rings. The zero-order valence-corrected chi connectivity index (χ0v) is 20.5. The molecule has 0 aliphatic carbocycles. The van der Waals surface area contributed by atoms with E-state index in [1.807, 2.05) is 11.0 Å². The molecular weight excluding hydrogens is 480 g/mol. The van der Waals surface area contributed by atoms with Gasteiger partial charge in [0, 0.05) is 52.4 Å². The van der Waals surface area contributed by atoms with Gasteiger partial charge in [-0.05, 0) is 6.07 Å². The van der Waals surface area contributed by atoms with Crippen LogP contribution >= 0.6 is 11.6 Å². The van der Waals surface area contributed by atoms with Crippen LogP contribution in [0.4, 0.5) is 28.4 Å². The van der Waals surface area contributed by atoms with Crippen LogP contribution in [0, 0.1) is 21.4 Å². The van der Waals surface area contributed by atoms with E-state index in [0.29, 0.717) is 43.4 Å². The molecule has 0 unspecified atom stereocenters. The summed E-state index contributed by atoms with van der Waals surface area (Å²) in [5.41, 5.74) is 0.699. The number of nitro groups is 1. The first-order valence-corrected chi connectivity index (χ1v) is 10.7. The fourth-order valence-electron chi connectivity index (χ4n) is 3.08. The van der Waals surface area contributed by atoms with Crippen LogP contribution in [0.3, 0.4) is 0 Å². The second kappa shape index (κ2) is 13.2. The lowest BCUT2D eigenvalue weighted by Gasteiger charge is -2.27. The van der Waals surface area contributed by atoms with Gasteiger partial charge in [0.05, 0.1) is 47.2 Å². The molecule has 0 bridgehead atoms. The Balaban J connectivity index is 2.60. The fourth-order valence-corrected chi connectivity index (χ4v) is 3.33. The summed E-state index contributed by atoms with van der Waals surface area (Å²) in [6, 6.07) is 7.23. The third-order valence-electron chi connectivity index (χ3n) is 4.72. The molecule has 2 rings (SSSR count). The van der Waals surface area contributed by atoms with Crippen LogP contribution in [0.15, 0.2) is 34.5 Å². The van der Waals surface area contributed by atoms with Crippen molar-refractivity contribution >= 4 is 45.9 Å². The summed E-state index contributed by atoms with van der Waals surface area (Å²) in [6.07, 6.45) is 0. The van der Waals surface area contributed by atoms with Crippen molar-refractivity contribution in [3.8, 4) is 11.8 Å². The number of carbonyl (C=O) groups excluding carboxylic acids is 1. The molecule has 0 saturated heterocycles. The highest BCUT2D eigenvalue weighted by Gasteiger charge is 2.19. The second-order valence-electron chi connectivity index (χ2n) is 7.09. The molecule has 0 aliphatic rings. The third-order valence-corrected chi connectivity index (χ3v) is 5.00. The lowest BCUT2D eigenvalue weighted by atomic mass is 10.1. The first-order chi connectivity index (χ1) is 16.7. The molecule has 12 nitrogen and oxygen atoms in total. The summed E-state index contributed by atoms with van der Waals surface area (Å²) in [7, 11) is 4.68. The van der Waals surface area contributed by atoms with E-state index in [1.54, 1.807) is 26.4 Å². The van der Waals surface area contributed by atoms with Gasteiger partial charge in [-0.3, -0.25) is 14.9 Å². The summed E-state index contributed by atoms with van der Waals surface area (Å²) >= 11 is 6.14. The van der Waals surface area contributed by atoms with Crippen molar-refractivity contribution in [3.05, 3.63) is 45.0 Å². The van der Waals surface area contributed by atoms with Crippen LogP contribution < -0.4 is 15.0 Å². The monoisotopic (exact) mass is 504 g/mol. The Kier molecular flexibility index (Phi) is 10.3. The topological polar surface area (TPSA) is 152 Å². The third kappa shape index (κ3) is 7.35. The highest BCUT2D eigenvalue weighted by atomic mass is 35.5. The maximum Gasteiger partial charge on any atom is 0.272 e. The minimum atomic E-state index is -0.662. The predicted molar refractivity (Wildman–Crippen MR) is 130 cm³/mol. The van der Waals surface area contributed by atoms with Gasteiger partial charge >= 0.3 is 0 Å². The number of anilines is 2.